The number of nitrogens with zero attached hydrogens (tertiary/aromatic N) is 4. The Labute approximate surface area is 237 Å². The molecule has 10 nitrogen and oxygen atoms in total. The number of carbonyl (C=O) groups excluding carboxylic acids is 1. The van der Waals surface area contributed by atoms with Crippen LogP contribution < -0.4 is 10.2 Å². The zero-order valence-corrected chi connectivity index (χ0v) is 22.6. The summed E-state index contributed by atoms with van der Waals surface area (Å²) in [6.07, 6.45) is -0.573. The normalized spacial score (nSPS) is 14.6. The SMILES string of the molecule is COc1c(C(=O)NN2CCC(F)(F)CC2)nn(-c2ccc(Cl)cc2Cl)c1-c1ccc(C#CCCO[N+](=O)[O-])cc1. The molecule has 0 radical (unpaired) electrons. The second kappa shape index (κ2) is 12.5. The van der Waals surface area contributed by atoms with Crippen molar-refractivity contribution < 1.29 is 28.2 Å². The summed E-state index contributed by atoms with van der Waals surface area (Å²) in [5.74, 6) is 2.43. The molecule has 0 unspecified atom stereocenters. The summed E-state index contributed by atoms with van der Waals surface area (Å²) < 4.78 is 34.2. The number of piperidine rings is 1. The van der Waals surface area contributed by atoms with Crippen molar-refractivity contribution in [1.82, 2.24) is 20.2 Å². The van der Waals surface area contributed by atoms with Gasteiger partial charge in [0.05, 0.1) is 17.8 Å². The number of ether oxygens (including phenoxy) is 1. The monoisotopic (exact) mass is 593 g/mol. The average molecular weight is 594 g/mol. The number of hydrogen-bond donors (Lipinski definition) is 1. The molecule has 0 aliphatic carbocycles. The number of rotatable bonds is 8. The van der Waals surface area contributed by atoms with Gasteiger partial charge in [-0.3, -0.25) is 10.2 Å². The molecule has 2 heterocycles. The standard InChI is InChI=1S/C26H23Cl2F2N5O5/c1-39-24-22(25(36)32-33-13-11-26(29,30)12-14-33)31-34(21-10-9-19(27)16-20(21)28)23(24)18-7-5-17(6-8-18)4-2-3-15-40-35(37)38/h5-10,16H,3,11-15H2,1H3,(H,32,36). The van der Waals surface area contributed by atoms with Crippen LogP contribution in [0.15, 0.2) is 42.5 Å². The molecule has 1 aliphatic rings. The highest BCUT2D eigenvalue weighted by Gasteiger charge is 2.35. The number of aromatic nitrogens is 2. The minimum atomic E-state index is -2.77. The van der Waals surface area contributed by atoms with Crippen LogP contribution in [0.25, 0.3) is 16.9 Å². The van der Waals surface area contributed by atoms with Crippen LogP contribution in [0.5, 0.6) is 5.75 Å². The zero-order chi connectivity index (χ0) is 28.9. The maximum atomic E-state index is 13.6. The number of methoxy groups -OCH3 is 1. The van der Waals surface area contributed by atoms with E-state index >= 15 is 0 Å². The first kappa shape index (κ1) is 29.1. The molecular formula is C26H23Cl2F2N5O5. The van der Waals surface area contributed by atoms with Gasteiger partial charge < -0.3 is 9.57 Å². The second-order valence-electron chi connectivity index (χ2n) is 8.71. The van der Waals surface area contributed by atoms with Crippen molar-refractivity contribution in [3.8, 4) is 34.5 Å². The van der Waals surface area contributed by atoms with Crippen LogP contribution in [0.1, 0.15) is 35.3 Å². The molecule has 1 aromatic heterocycles. The Morgan fingerprint density at radius 3 is 2.52 bits per heavy atom. The third-order valence-corrected chi connectivity index (χ3v) is 6.51. The second-order valence-corrected chi connectivity index (χ2v) is 9.55. The summed E-state index contributed by atoms with van der Waals surface area (Å²) in [6.45, 7) is -0.169. The Morgan fingerprint density at radius 2 is 1.90 bits per heavy atom. The topological polar surface area (TPSA) is 112 Å². The van der Waals surface area contributed by atoms with Crippen molar-refractivity contribution >= 4 is 29.1 Å². The molecule has 40 heavy (non-hydrogen) atoms. The van der Waals surface area contributed by atoms with Crippen LogP contribution >= 0.6 is 23.2 Å². The maximum Gasteiger partial charge on any atom is 0.294 e. The maximum absolute atomic E-state index is 13.6. The fourth-order valence-corrected chi connectivity index (χ4v) is 4.50. The van der Waals surface area contributed by atoms with Crippen LogP contribution in [-0.2, 0) is 4.84 Å². The van der Waals surface area contributed by atoms with Crippen LogP contribution in [0.2, 0.25) is 10.0 Å². The summed E-state index contributed by atoms with van der Waals surface area (Å²) in [4.78, 5) is 27.7. The Bertz CT molecular complexity index is 1460. The fraction of sp³-hybridized carbons (Fsp3) is 0.308. The lowest BCUT2D eigenvalue weighted by Crippen LogP contribution is -2.49. The highest BCUT2D eigenvalue weighted by molar-refractivity contribution is 6.35. The van der Waals surface area contributed by atoms with Crippen LogP contribution in [0.3, 0.4) is 0 Å². The molecule has 1 amide bonds. The summed E-state index contributed by atoms with van der Waals surface area (Å²) in [7, 11) is 1.39. The predicted octanol–water partition coefficient (Wildman–Crippen LogP) is 5.18. The van der Waals surface area contributed by atoms with Crippen LogP contribution in [0, 0.1) is 22.0 Å². The number of alkyl halides is 2. The third-order valence-electron chi connectivity index (χ3n) is 5.97. The number of benzene rings is 2. The van der Waals surface area contributed by atoms with Gasteiger partial charge in [-0.1, -0.05) is 47.2 Å². The van der Waals surface area contributed by atoms with E-state index in [1.165, 1.54) is 22.9 Å². The van der Waals surface area contributed by atoms with Gasteiger partial charge in [0.25, 0.3) is 16.9 Å². The van der Waals surface area contributed by atoms with Crippen LogP contribution in [0.4, 0.5) is 8.78 Å². The van der Waals surface area contributed by atoms with E-state index in [1.54, 1.807) is 36.4 Å². The molecule has 1 N–H and O–H groups in total. The van der Waals surface area contributed by atoms with Crippen molar-refractivity contribution in [2.75, 3.05) is 26.8 Å². The quantitative estimate of drug-likeness (QED) is 0.166. The van der Waals surface area contributed by atoms with Crippen molar-refractivity contribution in [3.63, 3.8) is 0 Å². The minimum Gasteiger partial charge on any atom is -0.492 e. The van der Waals surface area contributed by atoms with Crippen molar-refractivity contribution in [3.05, 3.63) is 73.9 Å². The smallest absolute Gasteiger partial charge is 0.294 e. The first-order valence-corrected chi connectivity index (χ1v) is 12.8. The van der Waals surface area contributed by atoms with Gasteiger partial charge >= 0.3 is 0 Å². The molecule has 1 aliphatic heterocycles. The minimum absolute atomic E-state index is 0.0156. The molecule has 210 valence electrons. The van der Waals surface area contributed by atoms with E-state index in [2.05, 4.69) is 27.2 Å². The molecule has 1 fully saturated rings. The molecule has 0 atom stereocenters. The number of amides is 1. The molecule has 1 saturated heterocycles. The van der Waals surface area contributed by atoms with Crippen LogP contribution in [-0.4, -0.2) is 58.5 Å². The number of carbonyl (C=O) groups is 1. The Kier molecular flexibility index (Phi) is 9.09. The van der Waals surface area contributed by atoms with E-state index < -0.39 is 16.9 Å². The molecule has 4 rings (SSSR count). The number of hydrogen-bond acceptors (Lipinski definition) is 7. The van der Waals surface area contributed by atoms with Gasteiger partial charge in [0, 0.05) is 48.5 Å². The van der Waals surface area contributed by atoms with Crippen molar-refractivity contribution in [2.24, 2.45) is 0 Å². The van der Waals surface area contributed by atoms with E-state index in [9.17, 15) is 23.7 Å². The van der Waals surface area contributed by atoms with Gasteiger partial charge in [0.2, 0.25) is 0 Å². The van der Waals surface area contributed by atoms with E-state index in [4.69, 9.17) is 27.9 Å². The first-order chi connectivity index (χ1) is 19.1. The highest BCUT2D eigenvalue weighted by atomic mass is 35.5. The summed E-state index contributed by atoms with van der Waals surface area (Å²) in [5.41, 5.74) is 4.64. The lowest BCUT2D eigenvalue weighted by Gasteiger charge is -2.31. The lowest BCUT2D eigenvalue weighted by molar-refractivity contribution is -0.757. The summed E-state index contributed by atoms with van der Waals surface area (Å²) in [5, 5.41) is 16.0. The summed E-state index contributed by atoms with van der Waals surface area (Å²) in [6, 6.07) is 11.7. The fourth-order valence-electron chi connectivity index (χ4n) is 4.02. The molecule has 0 saturated carbocycles. The highest BCUT2D eigenvalue weighted by Crippen LogP contribution is 2.38. The molecule has 0 spiro atoms. The Morgan fingerprint density at radius 1 is 1.20 bits per heavy atom. The number of halogens is 4. The van der Waals surface area contributed by atoms with E-state index in [0.29, 0.717) is 27.5 Å². The largest absolute Gasteiger partial charge is 0.492 e. The van der Waals surface area contributed by atoms with Gasteiger partial charge in [-0.15, -0.1) is 10.1 Å². The van der Waals surface area contributed by atoms with E-state index in [0.717, 1.165) is 0 Å². The molecule has 14 heteroatoms. The average Bonchev–Trinajstić information content (AvgIpc) is 3.29. The molecule has 3 aromatic rings. The number of hydrazine groups is 1. The third kappa shape index (κ3) is 6.98. The number of nitrogens with one attached hydrogen (secondary N) is 1. The Balaban J connectivity index is 1.68. The van der Waals surface area contributed by atoms with Gasteiger partial charge in [-0.2, -0.15) is 5.10 Å². The van der Waals surface area contributed by atoms with E-state index in [1.807, 2.05) is 0 Å². The first-order valence-electron chi connectivity index (χ1n) is 12.0. The predicted molar refractivity (Wildman–Crippen MR) is 143 cm³/mol. The zero-order valence-electron chi connectivity index (χ0n) is 21.1. The molecular weight excluding hydrogens is 571 g/mol. The Hall–Kier alpha value is -3.92. The van der Waals surface area contributed by atoms with Gasteiger partial charge in [0.1, 0.15) is 12.3 Å². The molecule has 0 bridgehead atoms. The van der Waals surface area contributed by atoms with Crippen molar-refractivity contribution in [1.29, 1.82) is 0 Å². The van der Waals surface area contributed by atoms with E-state index in [-0.39, 0.29) is 55.4 Å². The lowest BCUT2D eigenvalue weighted by atomic mass is 10.1. The summed E-state index contributed by atoms with van der Waals surface area (Å²) >= 11 is 12.6. The molecule has 2 aromatic carbocycles. The van der Waals surface area contributed by atoms with Gasteiger partial charge in [0.15, 0.2) is 11.4 Å². The van der Waals surface area contributed by atoms with Gasteiger partial charge in [-0.05, 0) is 30.3 Å². The van der Waals surface area contributed by atoms with Crippen molar-refractivity contribution in [2.45, 2.75) is 25.2 Å². The van der Waals surface area contributed by atoms with Gasteiger partial charge in [-0.25, -0.2) is 18.5 Å².